The standard InChI is InChI=1S/C46H28N4/c1-3-11-28(12-4-1)44-47-45(29-13-5-2-6-14-29)49-46(48-44)33-16-9-15-30(23-33)31-21-22-32-24-34-26-42-40(27-39(34)38(32)25-31)37-19-10-18-36-35-17-7-8-20-41(35)50(42)43(36)37/h1-23,25-27H,24H2. The smallest absolute Gasteiger partial charge is 0.164 e. The van der Waals surface area contributed by atoms with Crippen LogP contribution in [0, 0.1) is 0 Å². The summed E-state index contributed by atoms with van der Waals surface area (Å²) >= 11 is 0. The summed E-state index contributed by atoms with van der Waals surface area (Å²) in [4.78, 5) is 14.8. The van der Waals surface area contributed by atoms with E-state index in [0.717, 1.165) is 28.7 Å². The van der Waals surface area contributed by atoms with Crippen LogP contribution in [0.2, 0.25) is 0 Å². The van der Waals surface area contributed by atoms with Gasteiger partial charge >= 0.3 is 0 Å². The normalized spacial score (nSPS) is 12.3. The zero-order valence-corrected chi connectivity index (χ0v) is 27.0. The number of hydrogen-bond acceptors (Lipinski definition) is 3. The molecule has 0 N–H and O–H groups in total. The van der Waals surface area contributed by atoms with Crippen molar-refractivity contribution < 1.29 is 0 Å². The van der Waals surface area contributed by atoms with Crippen molar-refractivity contribution in [3.63, 3.8) is 0 Å². The third kappa shape index (κ3) is 4.02. The van der Waals surface area contributed by atoms with Gasteiger partial charge in [0.2, 0.25) is 0 Å². The van der Waals surface area contributed by atoms with E-state index in [2.05, 4.69) is 101 Å². The maximum Gasteiger partial charge on any atom is 0.164 e. The Morgan fingerprint density at radius 3 is 1.68 bits per heavy atom. The second-order valence-electron chi connectivity index (χ2n) is 13.2. The van der Waals surface area contributed by atoms with E-state index >= 15 is 0 Å². The second-order valence-corrected chi connectivity index (χ2v) is 13.2. The molecule has 0 atom stereocenters. The molecule has 0 saturated heterocycles. The van der Waals surface area contributed by atoms with Gasteiger partial charge in [0.15, 0.2) is 17.5 Å². The summed E-state index contributed by atoms with van der Waals surface area (Å²) in [5, 5.41) is 5.27. The molecule has 0 aliphatic heterocycles. The summed E-state index contributed by atoms with van der Waals surface area (Å²) in [6.45, 7) is 0. The van der Waals surface area contributed by atoms with Crippen molar-refractivity contribution in [3.8, 4) is 56.4 Å². The van der Waals surface area contributed by atoms with E-state index < -0.39 is 0 Å². The SMILES string of the molecule is c1ccc(-c2nc(-c3ccccc3)nc(-c3cccc(-c4ccc5c(c4)-c4cc6c7cccc8c9ccccc9n(c6cc4C5)c87)c3)n2)cc1. The van der Waals surface area contributed by atoms with Crippen LogP contribution in [0.3, 0.4) is 0 Å². The number of para-hydroxylation sites is 2. The Bertz CT molecular complexity index is 2880. The molecule has 1 aliphatic carbocycles. The zero-order valence-electron chi connectivity index (χ0n) is 27.0. The van der Waals surface area contributed by atoms with Crippen LogP contribution in [0.5, 0.6) is 0 Å². The van der Waals surface area contributed by atoms with Gasteiger partial charge in [-0.2, -0.15) is 0 Å². The maximum atomic E-state index is 4.98. The molecular formula is C46H28N4. The molecule has 3 aromatic heterocycles. The lowest BCUT2D eigenvalue weighted by Crippen LogP contribution is -2.00. The molecule has 11 rings (SSSR count). The Hall–Kier alpha value is -6.65. The van der Waals surface area contributed by atoms with Crippen molar-refractivity contribution in [2.45, 2.75) is 6.42 Å². The summed E-state index contributed by atoms with van der Waals surface area (Å²) in [6.07, 6.45) is 0.937. The topological polar surface area (TPSA) is 43.1 Å². The number of nitrogens with zero attached hydrogens (tertiary/aromatic N) is 4. The van der Waals surface area contributed by atoms with E-state index in [4.69, 9.17) is 15.0 Å². The molecule has 0 amide bonds. The first-order chi connectivity index (χ1) is 24.8. The molecule has 1 aliphatic rings. The summed E-state index contributed by atoms with van der Waals surface area (Å²) in [6, 6.07) is 56.2. The minimum Gasteiger partial charge on any atom is -0.308 e. The minimum absolute atomic E-state index is 0.659. The number of aromatic nitrogens is 4. The summed E-state index contributed by atoms with van der Waals surface area (Å²) < 4.78 is 2.48. The van der Waals surface area contributed by atoms with Gasteiger partial charge < -0.3 is 4.40 Å². The van der Waals surface area contributed by atoms with Gasteiger partial charge in [-0.3, -0.25) is 0 Å². The van der Waals surface area contributed by atoms with Gasteiger partial charge in [-0.05, 0) is 70.1 Å². The van der Waals surface area contributed by atoms with Gasteiger partial charge in [0.25, 0.3) is 0 Å². The van der Waals surface area contributed by atoms with Gasteiger partial charge in [0.05, 0.1) is 16.6 Å². The number of hydrogen-bond donors (Lipinski definition) is 0. The molecule has 10 aromatic rings. The molecule has 0 radical (unpaired) electrons. The first-order valence-electron chi connectivity index (χ1n) is 17.1. The highest BCUT2D eigenvalue weighted by atomic mass is 15.0. The van der Waals surface area contributed by atoms with Crippen LogP contribution < -0.4 is 0 Å². The van der Waals surface area contributed by atoms with Gasteiger partial charge in [-0.15, -0.1) is 0 Å². The average Bonchev–Trinajstić information content (AvgIpc) is 3.84. The van der Waals surface area contributed by atoms with Crippen molar-refractivity contribution >= 4 is 38.1 Å². The molecule has 0 spiro atoms. The summed E-state index contributed by atoms with van der Waals surface area (Å²) in [5.41, 5.74) is 14.5. The van der Waals surface area contributed by atoms with E-state index in [-0.39, 0.29) is 0 Å². The third-order valence-corrected chi connectivity index (χ3v) is 10.4. The van der Waals surface area contributed by atoms with Gasteiger partial charge in [-0.25, -0.2) is 15.0 Å². The lowest BCUT2D eigenvalue weighted by atomic mass is 9.96. The summed E-state index contributed by atoms with van der Waals surface area (Å²) in [7, 11) is 0. The fourth-order valence-electron chi connectivity index (χ4n) is 8.06. The lowest BCUT2D eigenvalue weighted by Gasteiger charge is -2.10. The molecule has 7 aromatic carbocycles. The lowest BCUT2D eigenvalue weighted by molar-refractivity contribution is 1.07. The Kier molecular flexibility index (Phi) is 5.69. The van der Waals surface area contributed by atoms with Crippen LogP contribution in [0.1, 0.15) is 11.1 Å². The van der Waals surface area contributed by atoms with Crippen LogP contribution >= 0.6 is 0 Å². The van der Waals surface area contributed by atoms with E-state index in [1.54, 1.807) is 0 Å². The Morgan fingerprint density at radius 1 is 0.360 bits per heavy atom. The van der Waals surface area contributed by atoms with Crippen molar-refractivity contribution in [2.24, 2.45) is 0 Å². The van der Waals surface area contributed by atoms with E-state index in [1.165, 1.54) is 65.9 Å². The van der Waals surface area contributed by atoms with Crippen molar-refractivity contribution in [1.82, 2.24) is 19.4 Å². The molecule has 0 unspecified atom stereocenters. The fourth-order valence-corrected chi connectivity index (χ4v) is 8.06. The molecule has 0 fully saturated rings. The molecular weight excluding hydrogens is 609 g/mol. The number of fused-ring (bicyclic) bond motifs is 9. The summed E-state index contributed by atoms with van der Waals surface area (Å²) in [5.74, 6) is 1.99. The van der Waals surface area contributed by atoms with Crippen molar-refractivity contribution in [2.75, 3.05) is 0 Å². The van der Waals surface area contributed by atoms with Crippen LogP contribution in [0.4, 0.5) is 0 Å². The monoisotopic (exact) mass is 636 g/mol. The van der Waals surface area contributed by atoms with E-state index in [1.807, 2.05) is 60.7 Å². The van der Waals surface area contributed by atoms with Crippen LogP contribution in [-0.4, -0.2) is 19.4 Å². The quantitative estimate of drug-likeness (QED) is 0.193. The second kappa shape index (κ2) is 10.4. The van der Waals surface area contributed by atoms with Crippen molar-refractivity contribution in [3.05, 3.63) is 169 Å². The van der Waals surface area contributed by atoms with Gasteiger partial charge in [0, 0.05) is 38.2 Å². The molecule has 50 heavy (non-hydrogen) atoms. The van der Waals surface area contributed by atoms with Crippen LogP contribution in [-0.2, 0) is 6.42 Å². The highest BCUT2D eigenvalue weighted by Crippen LogP contribution is 2.45. The third-order valence-electron chi connectivity index (χ3n) is 10.4. The van der Waals surface area contributed by atoms with Crippen molar-refractivity contribution in [1.29, 1.82) is 0 Å². The zero-order chi connectivity index (χ0) is 32.8. The largest absolute Gasteiger partial charge is 0.308 e. The molecule has 0 bridgehead atoms. The van der Waals surface area contributed by atoms with Gasteiger partial charge in [0.1, 0.15) is 0 Å². The molecule has 4 heteroatoms. The fraction of sp³-hybridized carbons (Fsp3) is 0.0217. The first-order valence-corrected chi connectivity index (χ1v) is 17.1. The van der Waals surface area contributed by atoms with Crippen LogP contribution in [0.25, 0.3) is 94.5 Å². The Morgan fingerprint density at radius 2 is 0.920 bits per heavy atom. The molecule has 3 heterocycles. The van der Waals surface area contributed by atoms with Gasteiger partial charge in [-0.1, -0.05) is 127 Å². The molecule has 0 saturated carbocycles. The Labute approximate surface area is 288 Å². The van der Waals surface area contributed by atoms with Crippen LogP contribution in [0.15, 0.2) is 158 Å². The predicted molar refractivity (Wildman–Crippen MR) is 204 cm³/mol. The first kappa shape index (κ1) is 27.3. The number of benzene rings is 7. The van der Waals surface area contributed by atoms with E-state index in [9.17, 15) is 0 Å². The highest BCUT2D eigenvalue weighted by molar-refractivity contribution is 6.23. The molecule has 4 nitrogen and oxygen atoms in total. The van der Waals surface area contributed by atoms with E-state index in [0.29, 0.717) is 17.5 Å². The molecule has 232 valence electrons. The number of rotatable bonds is 4. The average molecular weight is 637 g/mol. The Balaban J connectivity index is 1.03. The predicted octanol–water partition coefficient (Wildman–Crippen LogP) is 11.3. The highest BCUT2D eigenvalue weighted by Gasteiger charge is 2.24. The minimum atomic E-state index is 0.659. The maximum absolute atomic E-state index is 4.98.